The highest BCUT2D eigenvalue weighted by Crippen LogP contribution is 2.23. The third kappa shape index (κ3) is 7.01. The molecule has 0 atom stereocenters. The van der Waals surface area contributed by atoms with Crippen molar-refractivity contribution in [1.29, 1.82) is 0 Å². The van der Waals surface area contributed by atoms with Crippen molar-refractivity contribution in [3.8, 4) is 5.69 Å². The van der Waals surface area contributed by atoms with E-state index in [0.717, 1.165) is 17.8 Å². The molecule has 1 aromatic heterocycles. The summed E-state index contributed by atoms with van der Waals surface area (Å²) in [4.78, 5) is 37.0. The highest BCUT2D eigenvalue weighted by Gasteiger charge is 2.19. The summed E-state index contributed by atoms with van der Waals surface area (Å²) in [6, 6.07) is 19.5. The zero-order valence-corrected chi connectivity index (χ0v) is 22.3. The number of amides is 2. The van der Waals surface area contributed by atoms with E-state index < -0.39 is 17.7 Å². The monoisotopic (exact) mass is 567 g/mol. The Labute approximate surface area is 232 Å². The van der Waals surface area contributed by atoms with Crippen LogP contribution in [0.2, 0.25) is 5.02 Å². The topological polar surface area (TPSA) is 115 Å². The van der Waals surface area contributed by atoms with Crippen LogP contribution in [0.1, 0.15) is 33.5 Å². The fraction of sp³-hybridized carbons (Fsp3) is 0.148. The second kappa shape index (κ2) is 13.0. The number of hydrogen-bond acceptors (Lipinski definition) is 7. The number of benzene rings is 3. The number of nitrogens with zero attached hydrogens (tertiary/aromatic N) is 3. The third-order valence-corrected chi connectivity index (χ3v) is 6.57. The number of hydrogen-bond donors (Lipinski definition) is 2. The normalized spacial score (nSPS) is 10.6. The van der Waals surface area contributed by atoms with Crippen molar-refractivity contribution in [3.05, 3.63) is 101 Å². The zero-order valence-electron chi connectivity index (χ0n) is 20.7. The molecule has 0 aliphatic rings. The fourth-order valence-electron chi connectivity index (χ4n) is 3.54. The molecular formula is C27H23ClFN5O4S. The predicted molar refractivity (Wildman–Crippen MR) is 146 cm³/mol. The van der Waals surface area contributed by atoms with Crippen molar-refractivity contribution < 1.29 is 23.5 Å². The van der Waals surface area contributed by atoms with Gasteiger partial charge in [0.25, 0.3) is 5.91 Å². The van der Waals surface area contributed by atoms with E-state index in [9.17, 15) is 18.8 Å². The van der Waals surface area contributed by atoms with Crippen molar-refractivity contribution in [2.75, 3.05) is 17.7 Å². The van der Waals surface area contributed by atoms with Gasteiger partial charge in [0.1, 0.15) is 5.82 Å². The molecule has 0 aliphatic carbocycles. The van der Waals surface area contributed by atoms with Crippen LogP contribution >= 0.6 is 23.4 Å². The first-order chi connectivity index (χ1) is 18.9. The number of carbonyl (C=O) groups is 3. The van der Waals surface area contributed by atoms with Gasteiger partial charge in [-0.25, -0.2) is 9.18 Å². The molecule has 200 valence electrons. The van der Waals surface area contributed by atoms with Crippen LogP contribution in [0.3, 0.4) is 0 Å². The van der Waals surface area contributed by atoms with E-state index in [2.05, 4.69) is 20.8 Å². The average Bonchev–Trinajstić information content (AvgIpc) is 3.34. The number of para-hydroxylation sites is 1. The Morgan fingerprint density at radius 1 is 1.00 bits per heavy atom. The Balaban J connectivity index is 1.45. The molecule has 0 aliphatic heterocycles. The maximum Gasteiger partial charge on any atom is 0.338 e. The number of aromatic nitrogens is 3. The van der Waals surface area contributed by atoms with E-state index in [1.807, 2.05) is 30.3 Å². The van der Waals surface area contributed by atoms with Crippen molar-refractivity contribution in [3.63, 3.8) is 0 Å². The molecule has 4 aromatic rings. The fourth-order valence-corrected chi connectivity index (χ4v) is 4.56. The van der Waals surface area contributed by atoms with Crippen LogP contribution in [-0.4, -0.2) is 44.9 Å². The molecular weight excluding hydrogens is 545 g/mol. The van der Waals surface area contributed by atoms with Gasteiger partial charge < -0.3 is 15.4 Å². The number of nitrogens with one attached hydrogen (secondary N) is 2. The van der Waals surface area contributed by atoms with Crippen LogP contribution in [0.25, 0.3) is 5.69 Å². The Bertz CT molecular complexity index is 1460. The molecule has 2 N–H and O–H groups in total. The molecule has 0 bridgehead atoms. The van der Waals surface area contributed by atoms with E-state index in [4.69, 9.17) is 16.3 Å². The van der Waals surface area contributed by atoms with Crippen LogP contribution in [0.4, 0.5) is 10.1 Å². The number of carbonyl (C=O) groups excluding carboxylic acids is 3. The van der Waals surface area contributed by atoms with Crippen LogP contribution in [0, 0.1) is 5.82 Å². The van der Waals surface area contributed by atoms with Crippen LogP contribution in [-0.2, 0) is 16.1 Å². The van der Waals surface area contributed by atoms with Gasteiger partial charge in [0.05, 0.1) is 35.1 Å². The van der Waals surface area contributed by atoms with E-state index in [0.29, 0.717) is 27.9 Å². The van der Waals surface area contributed by atoms with Crippen LogP contribution in [0.5, 0.6) is 0 Å². The second-order valence-corrected chi connectivity index (χ2v) is 9.33. The first-order valence-corrected chi connectivity index (χ1v) is 13.2. The summed E-state index contributed by atoms with van der Waals surface area (Å²) in [5, 5.41) is 14.2. The lowest BCUT2D eigenvalue weighted by molar-refractivity contribution is -0.113. The molecule has 0 fully saturated rings. The molecule has 0 spiro atoms. The van der Waals surface area contributed by atoms with Crippen LogP contribution in [0.15, 0.2) is 78.0 Å². The minimum Gasteiger partial charge on any atom is -0.462 e. The molecule has 0 saturated heterocycles. The number of thioether (sulfide) groups is 1. The Hall–Kier alpha value is -4.22. The maximum atomic E-state index is 14.2. The summed E-state index contributed by atoms with van der Waals surface area (Å²) in [7, 11) is 0. The van der Waals surface area contributed by atoms with Gasteiger partial charge in [-0.05, 0) is 55.5 Å². The smallest absolute Gasteiger partial charge is 0.338 e. The lowest BCUT2D eigenvalue weighted by Gasteiger charge is -2.12. The summed E-state index contributed by atoms with van der Waals surface area (Å²) in [5.41, 5.74) is 1.37. The summed E-state index contributed by atoms with van der Waals surface area (Å²) >= 11 is 7.15. The predicted octanol–water partition coefficient (Wildman–Crippen LogP) is 4.90. The second-order valence-electron chi connectivity index (χ2n) is 7.98. The van der Waals surface area contributed by atoms with Gasteiger partial charge in [0.15, 0.2) is 11.0 Å². The van der Waals surface area contributed by atoms with Gasteiger partial charge in [-0.15, -0.1) is 10.2 Å². The standard InChI is InChI=1S/C27H23ClFN5O4S/c1-2-38-26(37)17-11-13-18(14-12-17)31-23(35)16-39-27-33-32-22(34(27)19-7-4-3-5-8-19)15-30-25(36)24-20(28)9-6-10-21(24)29/h3-14H,2,15-16H2,1H3,(H,30,36)(H,31,35). The first-order valence-electron chi connectivity index (χ1n) is 11.8. The highest BCUT2D eigenvalue weighted by atomic mass is 35.5. The van der Waals surface area contributed by atoms with Crippen LogP contribution < -0.4 is 10.6 Å². The maximum absolute atomic E-state index is 14.2. The molecule has 12 heteroatoms. The van der Waals surface area contributed by atoms with Gasteiger partial charge >= 0.3 is 5.97 Å². The molecule has 2 amide bonds. The lowest BCUT2D eigenvalue weighted by Crippen LogP contribution is -2.26. The van der Waals surface area contributed by atoms with Crippen molar-refractivity contribution in [2.24, 2.45) is 0 Å². The molecule has 0 radical (unpaired) electrons. The van der Waals surface area contributed by atoms with Gasteiger partial charge in [0, 0.05) is 11.4 Å². The Morgan fingerprint density at radius 3 is 2.44 bits per heavy atom. The largest absolute Gasteiger partial charge is 0.462 e. The number of ether oxygens (including phenoxy) is 1. The molecule has 3 aromatic carbocycles. The SMILES string of the molecule is CCOC(=O)c1ccc(NC(=O)CSc2nnc(CNC(=O)c3c(F)cccc3Cl)n2-c2ccccc2)cc1. The summed E-state index contributed by atoms with van der Waals surface area (Å²) < 4.78 is 20.8. The first kappa shape index (κ1) is 27.8. The minimum absolute atomic E-state index is 0.00480. The third-order valence-electron chi connectivity index (χ3n) is 5.32. The van der Waals surface area contributed by atoms with Gasteiger partial charge in [0.2, 0.25) is 5.91 Å². The number of anilines is 1. The Morgan fingerprint density at radius 2 is 1.74 bits per heavy atom. The molecule has 39 heavy (non-hydrogen) atoms. The number of esters is 1. The van der Waals surface area contributed by atoms with Gasteiger partial charge in [-0.2, -0.15) is 0 Å². The van der Waals surface area contributed by atoms with E-state index in [1.54, 1.807) is 35.8 Å². The van der Waals surface area contributed by atoms with E-state index in [1.165, 1.54) is 12.1 Å². The molecule has 4 rings (SSSR count). The van der Waals surface area contributed by atoms with E-state index in [-0.39, 0.29) is 35.4 Å². The summed E-state index contributed by atoms with van der Waals surface area (Å²) in [6.45, 7) is 1.94. The molecule has 9 nitrogen and oxygen atoms in total. The summed E-state index contributed by atoms with van der Waals surface area (Å²) in [6.07, 6.45) is 0. The molecule has 0 saturated carbocycles. The number of rotatable bonds is 10. The molecule has 1 heterocycles. The molecule has 0 unspecified atom stereocenters. The summed E-state index contributed by atoms with van der Waals surface area (Å²) in [5.74, 6) is -1.77. The van der Waals surface area contributed by atoms with Gasteiger partial charge in [-0.3, -0.25) is 14.2 Å². The zero-order chi connectivity index (χ0) is 27.8. The average molecular weight is 568 g/mol. The highest BCUT2D eigenvalue weighted by molar-refractivity contribution is 7.99. The van der Waals surface area contributed by atoms with Crippen molar-refractivity contribution in [2.45, 2.75) is 18.6 Å². The Kier molecular flexibility index (Phi) is 9.29. The minimum atomic E-state index is -0.734. The number of halogens is 2. The van der Waals surface area contributed by atoms with Crippen molar-refractivity contribution in [1.82, 2.24) is 20.1 Å². The van der Waals surface area contributed by atoms with Gasteiger partial charge in [-0.1, -0.05) is 47.6 Å². The van der Waals surface area contributed by atoms with Crippen molar-refractivity contribution >= 4 is 46.8 Å². The van der Waals surface area contributed by atoms with E-state index >= 15 is 0 Å². The lowest BCUT2D eigenvalue weighted by atomic mass is 10.2. The quantitative estimate of drug-likeness (QED) is 0.207.